The number of halogens is 1. The lowest BCUT2D eigenvalue weighted by molar-refractivity contribution is 0.0691. The fourth-order valence-electron chi connectivity index (χ4n) is 5.17. The van der Waals surface area contributed by atoms with Crippen LogP contribution in [0.2, 0.25) is 5.15 Å². The van der Waals surface area contributed by atoms with Gasteiger partial charge < -0.3 is 20.2 Å². The van der Waals surface area contributed by atoms with Crippen molar-refractivity contribution in [1.82, 2.24) is 24.5 Å². The number of carbonyl (C=O) groups is 1. The Labute approximate surface area is 236 Å². The van der Waals surface area contributed by atoms with E-state index in [0.29, 0.717) is 35.6 Å². The number of anilines is 3. The van der Waals surface area contributed by atoms with Gasteiger partial charge in [0, 0.05) is 50.6 Å². The van der Waals surface area contributed by atoms with Gasteiger partial charge in [0.2, 0.25) is 5.95 Å². The fraction of sp³-hybridized carbons (Fsp3) is 0.357. The van der Waals surface area contributed by atoms with Gasteiger partial charge in [0.1, 0.15) is 16.8 Å². The highest BCUT2D eigenvalue weighted by atomic mass is 35.5. The first-order chi connectivity index (χ1) is 19.0. The van der Waals surface area contributed by atoms with Crippen LogP contribution >= 0.6 is 11.6 Å². The van der Waals surface area contributed by atoms with Crippen LogP contribution in [0.3, 0.4) is 0 Å². The summed E-state index contributed by atoms with van der Waals surface area (Å²) in [6.45, 7) is 10.5. The molecule has 0 saturated carbocycles. The number of hydrogen-bond donors (Lipinski definition) is 2. The summed E-state index contributed by atoms with van der Waals surface area (Å²) in [4.78, 5) is 47.6. The molecule has 12 heteroatoms. The molecule has 0 unspecified atom stereocenters. The van der Waals surface area contributed by atoms with E-state index in [1.165, 1.54) is 6.07 Å². The Bertz CT molecular complexity index is 1660. The van der Waals surface area contributed by atoms with E-state index in [2.05, 4.69) is 30.1 Å². The number of carboxylic acids is 1. The molecule has 1 atom stereocenters. The molecule has 3 aromatic heterocycles. The molecule has 4 heterocycles. The minimum atomic E-state index is -1.19. The summed E-state index contributed by atoms with van der Waals surface area (Å²) in [5, 5.41) is 13.5. The topological polar surface area (TPSA) is 129 Å². The van der Waals surface area contributed by atoms with Gasteiger partial charge in [-0.1, -0.05) is 17.7 Å². The number of aromatic carboxylic acids is 1. The molecule has 0 bridgehead atoms. The van der Waals surface area contributed by atoms with Crippen LogP contribution in [-0.2, 0) is 7.05 Å². The van der Waals surface area contributed by atoms with Gasteiger partial charge in [-0.2, -0.15) is 0 Å². The Morgan fingerprint density at radius 1 is 1.00 bits per heavy atom. The van der Waals surface area contributed by atoms with Gasteiger partial charge in [-0.05, 0) is 51.5 Å². The zero-order valence-electron chi connectivity index (χ0n) is 23.1. The van der Waals surface area contributed by atoms with E-state index in [4.69, 9.17) is 16.6 Å². The SMILES string of the molecule is Cc1cc([C@@H](C)Nc2ccc(Cl)nc2C(=O)O)c2nc(N3CCN(c4cc(C)nc(C)n4)CC3)n(C)c(=O)c2c1. The number of carboxylic acid groups (broad SMARTS) is 1. The standard InChI is InChI=1S/C28H31ClN8O3/c1-15-12-19(17(3)31-21-6-7-22(29)33-25(21)27(39)40)24-20(13-15)26(38)35(5)28(34-24)37-10-8-36(9-11-37)23-14-16(2)30-18(4)32-23/h6-7,12-14,17,31H,8-11H2,1-5H3,(H,39,40)/t17-/m1/s1. The minimum Gasteiger partial charge on any atom is -0.476 e. The number of fused-ring (bicyclic) bond motifs is 1. The Morgan fingerprint density at radius 3 is 2.38 bits per heavy atom. The number of aryl methyl sites for hydroxylation is 3. The monoisotopic (exact) mass is 562 g/mol. The number of nitrogens with one attached hydrogen (secondary N) is 1. The molecular weight excluding hydrogens is 532 g/mol. The van der Waals surface area contributed by atoms with Gasteiger partial charge in [0.05, 0.1) is 22.6 Å². The molecule has 4 aromatic rings. The maximum atomic E-state index is 13.6. The predicted octanol–water partition coefficient (Wildman–Crippen LogP) is 3.90. The number of pyridine rings is 1. The average Bonchev–Trinajstić information content (AvgIpc) is 2.91. The summed E-state index contributed by atoms with van der Waals surface area (Å²) in [6.07, 6.45) is 0. The van der Waals surface area contributed by atoms with Gasteiger partial charge in [0.25, 0.3) is 5.56 Å². The van der Waals surface area contributed by atoms with Crippen molar-refractivity contribution in [3.05, 3.63) is 74.2 Å². The van der Waals surface area contributed by atoms with Crippen LogP contribution in [0.5, 0.6) is 0 Å². The molecule has 5 rings (SSSR count). The molecule has 208 valence electrons. The molecule has 1 aromatic carbocycles. The van der Waals surface area contributed by atoms with E-state index >= 15 is 0 Å². The lowest BCUT2D eigenvalue weighted by Crippen LogP contribution is -2.48. The van der Waals surface area contributed by atoms with Crippen molar-refractivity contribution in [2.24, 2.45) is 7.05 Å². The fourth-order valence-corrected chi connectivity index (χ4v) is 5.32. The number of nitrogens with zero attached hydrogens (tertiary/aromatic N) is 7. The maximum Gasteiger partial charge on any atom is 0.356 e. The van der Waals surface area contributed by atoms with Gasteiger partial charge >= 0.3 is 5.97 Å². The molecule has 0 radical (unpaired) electrons. The van der Waals surface area contributed by atoms with E-state index in [0.717, 1.165) is 41.6 Å². The lowest BCUT2D eigenvalue weighted by Gasteiger charge is -2.36. The number of piperazine rings is 1. The number of rotatable bonds is 6. The molecule has 1 fully saturated rings. The van der Waals surface area contributed by atoms with E-state index in [-0.39, 0.29) is 22.4 Å². The highest BCUT2D eigenvalue weighted by molar-refractivity contribution is 6.29. The quantitative estimate of drug-likeness (QED) is 0.334. The molecule has 1 aliphatic heterocycles. The molecular formula is C28H31ClN8O3. The van der Waals surface area contributed by atoms with Crippen molar-refractivity contribution in [2.75, 3.05) is 41.3 Å². The maximum absolute atomic E-state index is 13.6. The third-order valence-electron chi connectivity index (χ3n) is 7.07. The average molecular weight is 563 g/mol. The summed E-state index contributed by atoms with van der Waals surface area (Å²) in [7, 11) is 1.75. The second-order valence-electron chi connectivity index (χ2n) is 10.1. The molecule has 0 amide bonds. The summed E-state index contributed by atoms with van der Waals surface area (Å²) in [5.74, 6) is 1.04. The predicted molar refractivity (Wildman–Crippen MR) is 156 cm³/mol. The van der Waals surface area contributed by atoms with Crippen LogP contribution in [0.15, 0.2) is 35.1 Å². The Morgan fingerprint density at radius 2 is 1.70 bits per heavy atom. The molecule has 0 spiro atoms. The Balaban J connectivity index is 1.49. The molecule has 1 aliphatic rings. The second kappa shape index (κ2) is 10.7. The summed E-state index contributed by atoms with van der Waals surface area (Å²) in [5.41, 5.74) is 3.21. The Hall–Kier alpha value is -4.25. The third kappa shape index (κ3) is 5.29. The summed E-state index contributed by atoms with van der Waals surface area (Å²) >= 11 is 5.93. The first-order valence-corrected chi connectivity index (χ1v) is 13.4. The highest BCUT2D eigenvalue weighted by Crippen LogP contribution is 2.29. The highest BCUT2D eigenvalue weighted by Gasteiger charge is 2.24. The number of hydrogen-bond acceptors (Lipinski definition) is 9. The Kier molecular flexibility index (Phi) is 7.33. The van der Waals surface area contributed by atoms with Gasteiger partial charge in [0.15, 0.2) is 5.69 Å². The van der Waals surface area contributed by atoms with Crippen LogP contribution in [-0.4, -0.2) is 61.8 Å². The first-order valence-electron chi connectivity index (χ1n) is 13.0. The van der Waals surface area contributed by atoms with Crippen molar-refractivity contribution >= 4 is 45.9 Å². The van der Waals surface area contributed by atoms with Crippen molar-refractivity contribution in [1.29, 1.82) is 0 Å². The molecule has 11 nitrogen and oxygen atoms in total. The van der Waals surface area contributed by atoms with Crippen LogP contribution < -0.4 is 20.7 Å². The zero-order valence-corrected chi connectivity index (χ0v) is 23.8. The van der Waals surface area contributed by atoms with Crippen molar-refractivity contribution in [3.63, 3.8) is 0 Å². The van der Waals surface area contributed by atoms with Gasteiger partial charge in [-0.15, -0.1) is 0 Å². The normalized spacial score (nSPS) is 14.4. The van der Waals surface area contributed by atoms with Crippen LogP contribution in [0, 0.1) is 20.8 Å². The third-order valence-corrected chi connectivity index (χ3v) is 7.28. The minimum absolute atomic E-state index is 0.0940. The van der Waals surface area contributed by atoms with Crippen molar-refractivity contribution in [3.8, 4) is 0 Å². The molecule has 1 saturated heterocycles. The summed E-state index contributed by atoms with van der Waals surface area (Å²) < 4.78 is 1.60. The number of aromatic nitrogens is 5. The van der Waals surface area contributed by atoms with Crippen LogP contribution in [0.1, 0.15) is 46.1 Å². The van der Waals surface area contributed by atoms with Crippen LogP contribution in [0.4, 0.5) is 17.5 Å². The molecule has 40 heavy (non-hydrogen) atoms. The molecule has 0 aliphatic carbocycles. The lowest BCUT2D eigenvalue weighted by atomic mass is 10.0. The first kappa shape index (κ1) is 27.3. The van der Waals surface area contributed by atoms with E-state index in [1.807, 2.05) is 45.9 Å². The van der Waals surface area contributed by atoms with Crippen molar-refractivity contribution in [2.45, 2.75) is 33.7 Å². The van der Waals surface area contributed by atoms with E-state index < -0.39 is 5.97 Å². The largest absolute Gasteiger partial charge is 0.476 e. The number of benzene rings is 1. The van der Waals surface area contributed by atoms with E-state index in [1.54, 1.807) is 17.7 Å². The van der Waals surface area contributed by atoms with Gasteiger partial charge in [-0.3, -0.25) is 9.36 Å². The smallest absolute Gasteiger partial charge is 0.356 e. The van der Waals surface area contributed by atoms with E-state index in [9.17, 15) is 14.7 Å². The van der Waals surface area contributed by atoms with Crippen molar-refractivity contribution < 1.29 is 9.90 Å². The van der Waals surface area contributed by atoms with Gasteiger partial charge in [-0.25, -0.2) is 24.7 Å². The second-order valence-corrected chi connectivity index (χ2v) is 10.5. The van der Waals surface area contributed by atoms with Crippen LogP contribution in [0.25, 0.3) is 10.9 Å². The summed E-state index contributed by atoms with van der Waals surface area (Å²) in [6, 6.07) is 8.55. The zero-order chi connectivity index (χ0) is 28.7. The molecule has 2 N–H and O–H groups in total.